The summed E-state index contributed by atoms with van der Waals surface area (Å²) in [5, 5.41) is 4.17. The molecule has 0 fully saturated rings. The van der Waals surface area contributed by atoms with E-state index >= 15 is 0 Å². The molecular formula is C15H9N3O2S. The molecule has 0 aliphatic rings. The van der Waals surface area contributed by atoms with E-state index in [9.17, 15) is 4.79 Å². The molecule has 1 aromatic carbocycles. The van der Waals surface area contributed by atoms with Crippen LogP contribution in [0.5, 0.6) is 0 Å². The van der Waals surface area contributed by atoms with Crippen molar-refractivity contribution >= 4 is 22.1 Å². The van der Waals surface area contributed by atoms with Crippen molar-refractivity contribution in [3.8, 4) is 22.2 Å². The summed E-state index contributed by atoms with van der Waals surface area (Å²) in [5.74, 6) is 0.378. The lowest BCUT2D eigenvalue weighted by atomic mass is 10.0. The second-order valence-corrected chi connectivity index (χ2v) is 5.32. The van der Waals surface area contributed by atoms with Gasteiger partial charge in [-0.05, 0) is 11.5 Å². The summed E-state index contributed by atoms with van der Waals surface area (Å²) in [6.07, 6.45) is 4.77. The van der Waals surface area contributed by atoms with Crippen LogP contribution in [0.25, 0.3) is 32.9 Å². The highest BCUT2D eigenvalue weighted by Crippen LogP contribution is 2.35. The van der Waals surface area contributed by atoms with Gasteiger partial charge in [0.05, 0.1) is 6.20 Å². The maximum absolute atomic E-state index is 12.3. The Hall–Kier alpha value is -2.73. The third kappa shape index (κ3) is 1.88. The molecule has 0 atom stereocenters. The Morgan fingerprint density at radius 2 is 1.95 bits per heavy atom. The third-order valence-corrected chi connectivity index (χ3v) is 4.01. The van der Waals surface area contributed by atoms with Crippen molar-refractivity contribution in [3.63, 3.8) is 0 Å². The average Bonchev–Trinajstić information content (AvgIpc) is 3.21. The molecular weight excluding hydrogens is 286 g/mol. The van der Waals surface area contributed by atoms with Crippen LogP contribution in [0, 0.1) is 0 Å². The van der Waals surface area contributed by atoms with Gasteiger partial charge in [0.2, 0.25) is 5.89 Å². The van der Waals surface area contributed by atoms with E-state index in [1.54, 1.807) is 18.5 Å². The van der Waals surface area contributed by atoms with Crippen LogP contribution in [0.15, 0.2) is 57.5 Å². The van der Waals surface area contributed by atoms with E-state index in [1.807, 2.05) is 23.6 Å². The monoisotopic (exact) mass is 295 g/mol. The Bertz CT molecular complexity index is 956. The second-order valence-electron chi connectivity index (χ2n) is 4.42. The first-order valence-corrected chi connectivity index (χ1v) is 7.17. The molecule has 5 nitrogen and oxygen atoms in total. The lowest BCUT2D eigenvalue weighted by molar-refractivity contribution is 0.572. The molecule has 0 saturated heterocycles. The molecule has 0 aliphatic heterocycles. The minimum absolute atomic E-state index is 0.167. The molecule has 102 valence electrons. The van der Waals surface area contributed by atoms with Crippen molar-refractivity contribution in [3.05, 3.63) is 58.7 Å². The molecule has 3 heterocycles. The van der Waals surface area contributed by atoms with Crippen molar-refractivity contribution in [2.24, 2.45) is 0 Å². The van der Waals surface area contributed by atoms with Gasteiger partial charge in [0.1, 0.15) is 17.0 Å². The number of hydrogen-bond acceptors (Lipinski definition) is 5. The van der Waals surface area contributed by atoms with E-state index in [1.165, 1.54) is 17.6 Å². The number of aromatic nitrogens is 3. The number of pyridine rings is 1. The van der Waals surface area contributed by atoms with Gasteiger partial charge in [0.15, 0.2) is 0 Å². The van der Waals surface area contributed by atoms with Crippen molar-refractivity contribution in [2.45, 2.75) is 0 Å². The van der Waals surface area contributed by atoms with E-state index in [0.717, 1.165) is 16.0 Å². The fourth-order valence-electron chi connectivity index (χ4n) is 2.35. The Balaban J connectivity index is 2.19. The van der Waals surface area contributed by atoms with E-state index in [0.29, 0.717) is 17.0 Å². The molecule has 0 radical (unpaired) electrons. The highest BCUT2D eigenvalue weighted by molar-refractivity contribution is 7.13. The fourth-order valence-corrected chi connectivity index (χ4v) is 3.06. The normalized spacial score (nSPS) is 11.0. The number of hydrogen-bond donors (Lipinski definition) is 1. The number of nitrogens with one attached hydrogen (secondary N) is 1. The molecule has 0 saturated carbocycles. The molecule has 6 heteroatoms. The molecule has 0 spiro atoms. The molecule has 21 heavy (non-hydrogen) atoms. The summed E-state index contributed by atoms with van der Waals surface area (Å²) in [4.78, 5) is 23.6. The van der Waals surface area contributed by atoms with Gasteiger partial charge in [-0.25, -0.2) is 9.97 Å². The molecule has 3 aromatic heterocycles. The standard InChI is InChI=1S/C15H9N3O2S/c19-13-10-4-2-1-3-9(10)11(15-17-6-8-21-15)12(18-13)14-16-5-7-20-14/h1-8H,(H,18,19). The zero-order valence-corrected chi connectivity index (χ0v) is 11.6. The van der Waals surface area contributed by atoms with Crippen LogP contribution in [0.3, 0.4) is 0 Å². The molecule has 0 aliphatic carbocycles. The summed E-state index contributed by atoms with van der Waals surface area (Å²) >= 11 is 1.51. The molecule has 1 N–H and O–H groups in total. The Kier molecular flexibility index (Phi) is 2.68. The molecule has 0 unspecified atom stereocenters. The first-order valence-electron chi connectivity index (χ1n) is 6.29. The highest BCUT2D eigenvalue weighted by atomic mass is 32.1. The van der Waals surface area contributed by atoms with E-state index in [2.05, 4.69) is 15.0 Å². The van der Waals surface area contributed by atoms with Crippen molar-refractivity contribution in [1.82, 2.24) is 15.0 Å². The molecule has 4 aromatic rings. The predicted molar refractivity (Wildman–Crippen MR) is 81.2 cm³/mol. The zero-order chi connectivity index (χ0) is 14.2. The molecule has 4 rings (SSSR count). The van der Waals surface area contributed by atoms with Gasteiger partial charge >= 0.3 is 0 Å². The predicted octanol–water partition coefficient (Wildman–Crippen LogP) is 3.31. The van der Waals surface area contributed by atoms with Gasteiger partial charge < -0.3 is 9.40 Å². The largest absolute Gasteiger partial charge is 0.443 e. The summed E-state index contributed by atoms with van der Waals surface area (Å²) in [7, 11) is 0. The number of fused-ring (bicyclic) bond motifs is 1. The van der Waals surface area contributed by atoms with Gasteiger partial charge in [0.25, 0.3) is 5.56 Å². The smallest absolute Gasteiger partial charge is 0.256 e. The van der Waals surface area contributed by atoms with Gasteiger partial charge in [-0.1, -0.05) is 18.2 Å². The maximum Gasteiger partial charge on any atom is 0.256 e. The quantitative estimate of drug-likeness (QED) is 0.616. The van der Waals surface area contributed by atoms with Crippen LogP contribution in [-0.2, 0) is 0 Å². The maximum atomic E-state index is 12.3. The van der Waals surface area contributed by atoms with Crippen LogP contribution < -0.4 is 5.56 Å². The first-order chi connectivity index (χ1) is 10.3. The lowest BCUT2D eigenvalue weighted by Crippen LogP contribution is -2.09. The van der Waals surface area contributed by atoms with E-state index < -0.39 is 0 Å². The topological polar surface area (TPSA) is 71.8 Å². The second kappa shape index (κ2) is 4.68. The van der Waals surface area contributed by atoms with Crippen LogP contribution in [0.1, 0.15) is 0 Å². The number of rotatable bonds is 2. The lowest BCUT2D eigenvalue weighted by Gasteiger charge is -2.08. The average molecular weight is 295 g/mol. The third-order valence-electron chi connectivity index (χ3n) is 3.22. The van der Waals surface area contributed by atoms with E-state index in [4.69, 9.17) is 4.42 Å². The SMILES string of the molecule is O=c1[nH]c(-c2ncco2)c(-c2nccs2)c2ccccc12. The number of H-pyrrole nitrogens is 1. The molecule has 0 amide bonds. The number of aromatic amines is 1. The number of benzene rings is 1. The Morgan fingerprint density at radius 1 is 1.10 bits per heavy atom. The summed E-state index contributed by atoms with van der Waals surface area (Å²) in [6, 6.07) is 7.45. The fraction of sp³-hybridized carbons (Fsp3) is 0. The first kappa shape index (κ1) is 12.0. The number of oxazole rings is 1. The highest BCUT2D eigenvalue weighted by Gasteiger charge is 2.18. The van der Waals surface area contributed by atoms with E-state index in [-0.39, 0.29) is 5.56 Å². The molecule has 0 bridgehead atoms. The van der Waals surface area contributed by atoms with Gasteiger partial charge in [-0.3, -0.25) is 4.79 Å². The summed E-state index contributed by atoms with van der Waals surface area (Å²) in [6.45, 7) is 0. The Labute approximate surface area is 122 Å². The number of thiazole rings is 1. The van der Waals surface area contributed by atoms with Crippen molar-refractivity contribution in [1.29, 1.82) is 0 Å². The number of nitrogens with zero attached hydrogens (tertiary/aromatic N) is 2. The zero-order valence-electron chi connectivity index (χ0n) is 10.7. The minimum atomic E-state index is -0.167. The summed E-state index contributed by atoms with van der Waals surface area (Å²) in [5.41, 5.74) is 1.22. The summed E-state index contributed by atoms with van der Waals surface area (Å²) < 4.78 is 5.36. The van der Waals surface area contributed by atoms with Crippen LogP contribution in [0.2, 0.25) is 0 Å². The van der Waals surface area contributed by atoms with Gasteiger partial charge in [-0.2, -0.15) is 0 Å². The van der Waals surface area contributed by atoms with Crippen molar-refractivity contribution < 1.29 is 4.42 Å². The van der Waals surface area contributed by atoms with Gasteiger partial charge in [-0.15, -0.1) is 11.3 Å². The minimum Gasteiger partial charge on any atom is -0.443 e. The van der Waals surface area contributed by atoms with Gasteiger partial charge in [0, 0.05) is 22.5 Å². The van der Waals surface area contributed by atoms with Crippen LogP contribution in [-0.4, -0.2) is 15.0 Å². The van der Waals surface area contributed by atoms with Crippen LogP contribution in [0.4, 0.5) is 0 Å². The van der Waals surface area contributed by atoms with Crippen molar-refractivity contribution in [2.75, 3.05) is 0 Å². The van der Waals surface area contributed by atoms with Crippen LogP contribution >= 0.6 is 11.3 Å². The Morgan fingerprint density at radius 3 is 2.67 bits per heavy atom.